The highest BCUT2D eigenvalue weighted by atomic mass is 35.5. The predicted octanol–water partition coefficient (Wildman–Crippen LogP) is 5.47. The zero-order valence-electron chi connectivity index (χ0n) is 20.6. The zero-order valence-corrected chi connectivity index (χ0v) is 22.1. The van der Waals surface area contributed by atoms with E-state index in [1.54, 1.807) is 44.6 Å². The highest BCUT2D eigenvalue weighted by Crippen LogP contribution is 2.35. The average Bonchev–Trinajstić information content (AvgIpc) is 3.36. The van der Waals surface area contributed by atoms with E-state index in [0.717, 1.165) is 11.1 Å². The molecule has 0 aromatic heterocycles. The maximum absolute atomic E-state index is 13.7. The van der Waals surface area contributed by atoms with Crippen LogP contribution in [0.1, 0.15) is 33.9 Å². The lowest BCUT2D eigenvalue weighted by atomic mass is 9.98. The van der Waals surface area contributed by atoms with E-state index >= 15 is 0 Å². The monoisotopic (exact) mass is 539 g/mol. The molecule has 0 fully saturated rings. The molecule has 0 saturated heterocycles. The summed E-state index contributed by atoms with van der Waals surface area (Å²) in [6.07, 6.45) is 0.471. The van der Waals surface area contributed by atoms with Crippen LogP contribution in [0.25, 0.3) is 0 Å². The Labute approximate surface area is 226 Å². The number of benzene rings is 3. The van der Waals surface area contributed by atoms with Gasteiger partial charge in [0.15, 0.2) is 0 Å². The third-order valence-electron chi connectivity index (χ3n) is 6.13. The first-order chi connectivity index (χ1) is 17.9. The van der Waals surface area contributed by atoms with Crippen molar-refractivity contribution in [2.45, 2.75) is 12.5 Å². The zero-order chi connectivity index (χ0) is 26.4. The second-order valence-electron chi connectivity index (χ2n) is 8.46. The van der Waals surface area contributed by atoms with Crippen LogP contribution in [0.4, 0.5) is 0 Å². The van der Waals surface area contributed by atoms with E-state index < -0.39 is 0 Å². The second kappa shape index (κ2) is 12.2. The molecule has 37 heavy (non-hydrogen) atoms. The summed E-state index contributed by atoms with van der Waals surface area (Å²) in [5.41, 5.74) is 2.67. The van der Waals surface area contributed by atoms with E-state index in [4.69, 9.17) is 37.8 Å². The van der Waals surface area contributed by atoms with Crippen molar-refractivity contribution in [2.24, 2.45) is 5.10 Å². The number of carbonyl (C=O) groups excluding carboxylic acids is 2. The number of ether oxygens (including phenoxy) is 2. The molecule has 0 aliphatic carbocycles. The van der Waals surface area contributed by atoms with E-state index in [9.17, 15) is 9.59 Å². The van der Waals surface area contributed by atoms with Gasteiger partial charge in [0, 0.05) is 30.7 Å². The molecule has 1 aliphatic heterocycles. The summed E-state index contributed by atoms with van der Waals surface area (Å²) < 4.78 is 10.5. The lowest BCUT2D eigenvalue weighted by Crippen LogP contribution is -2.42. The van der Waals surface area contributed by atoms with Gasteiger partial charge in [-0.3, -0.25) is 9.59 Å². The minimum atomic E-state index is -0.371. The molecule has 0 bridgehead atoms. The molecule has 7 nitrogen and oxygen atoms in total. The molecule has 0 spiro atoms. The molecular formula is C28H27Cl2N3O4. The van der Waals surface area contributed by atoms with Crippen molar-refractivity contribution >= 4 is 40.7 Å². The van der Waals surface area contributed by atoms with Gasteiger partial charge in [0.1, 0.15) is 12.3 Å². The molecular weight excluding hydrogens is 513 g/mol. The highest BCUT2D eigenvalue weighted by Gasteiger charge is 2.35. The normalized spacial score (nSPS) is 14.9. The van der Waals surface area contributed by atoms with Gasteiger partial charge in [0.2, 0.25) is 0 Å². The average molecular weight is 540 g/mol. The van der Waals surface area contributed by atoms with Crippen molar-refractivity contribution < 1.29 is 19.1 Å². The maximum atomic E-state index is 13.7. The van der Waals surface area contributed by atoms with Crippen LogP contribution in [0.3, 0.4) is 0 Å². The van der Waals surface area contributed by atoms with E-state index in [-0.39, 0.29) is 37.6 Å². The number of hydrazone groups is 1. The van der Waals surface area contributed by atoms with Gasteiger partial charge in [-0.25, -0.2) is 5.01 Å². The second-order valence-corrected chi connectivity index (χ2v) is 9.27. The Morgan fingerprint density at radius 1 is 0.973 bits per heavy atom. The van der Waals surface area contributed by atoms with Crippen LogP contribution in [-0.2, 0) is 9.53 Å². The van der Waals surface area contributed by atoms with Crippen molar-refractivity contribution in [3.05, 3.63) is 99.5 Å². The van der Waals surface area contributed by atoms with E-state index in [2.05, 4.69) is 0 Å². The summed E-state index contributed by atoms with van der Waals surface area (Å²) in [4.78, 5) is 28.5. The third kappa shape index (κ3) is 6.13. The summed E-state index contributed by atoms with van der Waals surface area (Å²) in [5, 5.41) is 7.01. The first-order valence-electron chi connectivity index (χ1n) is 11.7. The maximum Gasteiger partial charge on any atom is 0.262 e. The summed E-state index contributed by atoms with van der Waals surface area (Å²) in [6.45, 7) is 0.285. The Bertz CT molecular complexity index is 1300. The summed E-state index contributed by atoms with van der Waals surface area (Å²) in [7, 11) is 3.14. The minimum Gasteiger partial charge on any atom is -0.497 e. The molecule has 0 saturated carbocycles. The molecule has 0 radical (unpaired) electrons. The number of hydrogen-bond donors (Lipinski definition) is 0. The quantitative estimate of drug-likeness (QED) is 0.361. The van der Waals surface area contributed by atoms with Gasteiger partial charge in [-0.05, 0) is 35.9 Å². The summed E-state index contributed by atoms with van der Waals surface area (Å²) in [6, 6.07) is 21.3. The molecule has 1 heterocycles. The lowest BCUT2D eigenvalue weighted by Gasteiger charge is -2.27. The summed E-state index contributed by atoms with van der Waals surface area (Å²) in [5.74, 6) is 0.0221. The van der Waals surface area contributed by atoms with Gasteiger partial charge in [-0.15, -0.1) is 0 Å². The number of hydrogen-bond acceptors (Lipinski definition) is 5. The topological polar surface area (TPSA) is 71.4 Å². The molecule has 4 rings (SSSR count). The molecule has 1 unspecified atom stereocenters. The van der Waals surface area contributed by atoms with Crippen molar-refractivity contribution in [1.82, 2.24) is 9.91 Å². The molecule has 3 aromatic carbocycles. The fourth-order valence-corrected chi connectivity index (χ4v) is 4.64. The first kappa shape index (κ1) is 26.7. The Kier molecular flexibility index (Phi) is 8.82. The molecule has 1 atom stereocenters. The Balaban J connectivity index is 1.65. The Hall–Kier alpha value is -3.39. The van der Waals surface area contributed by atoms with Crippen molar-refractivity contribution in [3.8, 4) is 5.75 Å². The molecule has 3 aromatic rings. The fourth-order valence-electron chi connectivity index (χ4n) is 4.18. The van der Waals surface area contributed by atoms with Gasteiger partial charge in [-0.1, -0.05) is 65.7 Å². The van der Waals surface area contributed by atoms with E-state index in [1.165, 1.54) is 9.91 Å². The predicted molar refractivity (Wildman–Crippen MR) is 144 cm³/mol. The van der Waals surface area contributed by atoms with Gasteiger partial charge < -0.3 is 14.4 Å². The number of rotatable bonds is 9. The number of nitrogens with zero attached hydrogens (tertiary/aromatic N) is 3. The van der Waals surface area contributed by atoms with Crippen molar-refractivity contribution in [1.29, 1.82) is 0 Å². The molecule has 2 amide bonds. The molecule has 9 heteroatoms. The van der Waals surface area contributed by atoms with Crippen LogP contribution in [0, 0.1) is 0 Å². The van der Waals surface area contributed by atoms with Crippen LogP contribution >= 0.6 is 23.2 Å². The van der Waals surface area contributed by atoms with Gasteiger partial charge in [0.05, 0.1) is 36.1 Å². The Morgan fingerprint density at radius 2 is 1.65 bits per heavy atom. The minimum absolute atomic E-state index is 0.195. The standard InChI is InChI=1S/C28H27Cl2N3O4/c1-36-16-15-32(28(35)22-8-4-6-10-24(22)30)18-27(34)33-26(19-11-13-20(37-2)14-12-19)17-25(31-33)21-7-3-5-9-23(21)29/h3-14,26H,15-18H2,1-2H3. The van der Waals surface area contributed by atoms with Gasteiger partial charge in [-0.2, -0.15) is 5.10 Å². The highest BCUT2D eigenvalue weighted by molar-refractivity contribution is 6.34. The summed E-state index contributed by atoms with van der Waals surface area (Å²) >= 11 is 12.7. The van der Waals surface area contributed by atoms with Crippen LogP contribution in [0.2, 0.25) is 10.0 Å². The lowest BCUT2D eigenvalue weighted by molar-refractivity contribution is -0.133. The number of carbonyl (C=O) groups is 2. The van der Waals surface area contributed by atoms with Crippen LogP contribution < -0.4 is 4.74 Å². The van der Waals surface area contributed by atoms with Crippen LogP contribution in [-0.4, -0.2) is 61.4 Å². The smallest absolute Gasteiger partial charge is 0.262 e. The largest absolute Gasteiger partial charge is 0.497 e. The molecule has 1 aliphatic rings. The van der Waals surface area contributed by atoms with Crippen molar-refractivity contribution in [2.75, 3.05) is 33.9 Å². The number of methoxy groups -OCH3 is 2. The van der Waals surface area contributed by atoms with Crippen molar-refractivity contribution in [3.63, 3.8) is 0 Å². The fraction of sp³-hybridized carbons (Fsp3) is 0.250. The van der Waals surface area contributed by atoms with Crippen LogP contribution in [0.5, 0.6) is 5.75 Å². The molecule has 192 valence electrons. The van der Waals surface area contributed by atoms with Crippen LogP contribution in [0.15, 0.2) is 77.9 Å². The van der Waals surface area contributed by atoms with Gasteiger partial charge in [0.25, 0.3) is 11.8 Å². The number of amides is 2. The van der Waals surface area contributed by atoms with Gasteiger partial charge >= 0.3 is 0 Å². The Morgan fingerprint density at radius 3 is 2.30 bits per heavy atom. The van der Waals surface area contributed by atoms with E-state index in [1.807, 2.05) is 42.5 Å². The SMILES string of the molecule is COCCN(CC(=O)N1N=C(c2ccccc2Cl)CC1c1ccc(OC)cc1)C(=O)c1ccccc1Cl. The molecule has 0 N–H and O–H groups in total. The third-order valence-corrected chi connectivity index (χ3v) is 6.79. The van der Waals surface area contributed by atoms with E-state index in [0.29, 0.717) is 33.5 Å². The number of halogens is 2. The first-order valence-corrected chi connectivity index (χ1v) is 12.5.